The second kappa shape index (κ2) is 7.04. The zero-order valence-electron chi connectivity index (χ0n) is 6.41. The summed E-state index contributed by atoms with van der Waals surface area (Å²) >= 11 is 0. The number of unbranched alkanes of at least 4 members (excludes halogenated alkanes) is 2. The zero-order chi connectivity index (χ0) is 10.3. The van der Waals surface area contributed by atoms with E-state index in [0.717, 1.165) is 19.3 Å². The van der Waals surface area contributed by atoms with Crippen molar-refractivity contribution in [2.75, 3.05) is 0 Å². The Hall–Kier alpha value is 1.68. The molecular weight excluding hydrogens is 432 g/mol. The van der Waals surface area contributed by atoms with Crippen LogP contribution in [0.5, 0.6) is 0 Å². The third-order valence-corrected chi connectivity index (χ3v) is 0.642. The Labute approximate surface area is 92.9 Å². The summed E-state index contributed by atoms with van der Waals surface area (Å²) in [5.41, 5.74) is 0. The molecular formula is C5H9Cl5NTa. The maximum atomic E-state index is 7.95. The predicted octanol–water partition coefficient (Wildman–Crippen LogP) is 5.15. The van der Waals surface area contributed by atoms with Gasteiger partial charge in [0.1, 0.15) is 0 Å². The summed E-state index contributed by atoms with van der Waals surface area (Å²) in [6.07, 6.45) is 2.90. The number of hydrogen-bond donors (Lipinski definition) is 0. The molecule has 0 aliphatic heterocycles. The van der Waals surface area contributed by atoms with Gasteiger partial charge in [-0.1, -0.05) is 13.3 Å². The van der Waals surface area contributed by atoms with Gasteiger partial charge >= 0.3 is 56.4 Å². The van der Waals surface area contributed by atoms with E-state index in [1.165, 1.54) is 0 Å². The molecule has 0 heterocycles. The molecule has 0 aromatic heterocycles. The van der Waals surface area contributed by atoms with Crippen molar-refractivity contribution in [2.24, 2.45) is 0 Å². The first-order valence-corrected chi connectivity index (χ1v) is 23.0. The molecule has 0 fully saturated rings. The Morgan fingerprint density at radius 1 is 1.17 bits per heavy atom. The van der Waals surface area contributed by atoms with Crippen LogP contribution in [0.2, 0.25) is 0 Å². The second-order valence-corrected chi connectivity index (χ2v) is 48.3. The van der Waals surface area contributed by atoms with E-state index in [2.05, 4.69) is 13.0 Å². The molecule has 0 rings (SSSR count). The minimum atomic E-state index is -4.44. The monoisotopic (exact) mass is 439 g/mol. The molecule has 7 heteroatoms. The van der Waals surface area contributed by atoms with E-state index < -0.39 is 10.4 Å². The molecule has 0 saturated carbocycles. The Bertz CT molecular complexity index is 138. The standard InChI is InChI=1S/C5H9N.5ClH.Ta/c1-2-3-4-5-6;;;;;;/h2-4H2,1H3;5*1H;/q;;;;;;+5/p-5. The van der Waals surface area contributed by atoms with Crippen LogP contribution in [0.25, 0.3) is 0 Å². The summed E-state index contributed by atoms with van der Waals surface area (Å²) < 4.78 is 0. The number of halogens is 5. The average Bonchev–Trinajstić information content (AvgIpc) is 1.77. The maximum absolute atomic E-state index is 7.95. The molecule has 0 aromatic rings. The van der Waals surface area contributed by atoms with Crippen molar-refractivity contribution < 1.29 is 10.4 Å². The number of hydrogen-bond acceptors (Lipinski definition) is 1. The van der Waals surface area contributed by atoms with Crippen molar-refractivity contribution in [2.45, 2.75) is 26.2 Å². The quantitative estimate of drug-likeness (QED) is 0.544. The van der Waals surface area contributed by atoms with Crippen LogP contribution in [-0.4, -0.2) is 0 Å². The van der Waals surface area contributed by atoms with Gasteiger partial charge in [0.15, 0.2) is 0 Å². The first kappa shape index (κ1) is 16.1. The molecule has 0 aromatic carbocycles. The van der Waals surface area contributed by atoms with E-state index in [0.29, 0.717) is 0 Å². The zero-order valence-corrected chi connectivity index (χ0v) is 13.4. The Kier molecular flexibility index (Phi) is 9.45. The molecule has 0 atom stereocenters. The third-order valence-electron chi connectivity index (χ3n) is 0.642. The first-order valence-electron chi connectivity index (χ1n) is 3.13. The first-order chi connectivity index (χ1) is 5.15. The predicted molar refractivity (Wildman–Crippen MR) is 54.4 cm³/mol. The normalized spacial score (nSPS) is 13.2. The molecule has 0 aliphatic carbocycles. The van der Waals surface area contributed by atoms with Gasteiger partial charge in [0.25, 0.3) is 0 Å². The van der Waals surface area contributed by atoms with Crippen molar-refractivity contribution >= 4 is 45.9 Å². The van der Waals surface area contributed by atoms with Gasteiger partial charge in [-0.3, -0.25) is 0 Å². The van der Waals surface area contributed by atoms with Gasteiger partial charge in [0, 0.05) is 6.42 Å². The van der Waals surface area contributed by atoms with E-state index in [-0.39, 0.29) is 0 Å². The third kappa shape index (κ3) is 60.8. The molecule has 0 bridgehead atoms. The minimum absolute atomic E-state index is 0.719. The van der Waals surface area contributed by atoms with Gasteiger partial charge in [0.05, 0.1) is 6.07 Å². The van der Waals surface area contributed by atoms with Crippen LogP contribution >= 0.6 is 45.9 Å². The van der Waals surface area contributed by atoms with E-state index in [4.69, 9.17) is 51.2 Å². The topological polar surface area (TPSA) is 23.8 Å². The molecule has 0 radical (unpaired) electrons. The molecule has 0 saturated heterocycles. The van der Waals surface area contributed by atoms with Crippen LogP contribution in [0, 0.1) is 11.3 Å². The van der Waals surface area contributed by atoms with E-state index in [1.54, 1.807) is 0 Å². The SMILES string of the molecule is CCCCC#N.[Cl][Ta]([Cl])([Cl])([Cl])[Cl]. The van der Waals surface area contributed by atoms with Crippen molar-refractivity contribution in [3.8, 4) is 6.07 Å². The van der Waals surface area contributed by atoms with Crippen LogP contribution in [0.15, 0.2) is 0 Å². The fourth-order valence-corrected chi connectivity index (χ4v) is 0.256. The van der Waals surface area contributed by atoms with Crippen LogP contribution in [0.4, 0.5) is 0 Å². The van der Waals surface area contributed by atoms with Crippen molar-refractivity contribution in [3.05, 3.63) is 0 Å². The van der Waals surface area contributed by atoms with Crippen molar-refractivity contribution in [3.63, 3.8) is 0 Å². The van der Waals surface area contributed by atoms with E-state index >= 15 is 0 Å². The van der Waals surface area contributed by atoms with Crippen LogP contribution < -0.4 is 0 Å². The Balaban J connectivity index is 0. The van der Waals surface area contributed by atoms with E-state index in [9.17, 15) is 0 Å². The number of rotatable bonds is 2. The molecule has 0 N–H and O–H groups in total. The van der Waals surface area contributed by atoms with Gasteiger partial charge in [-0.2, -0.15) is 5.26 Å². The number of nitrogens with zero attached hydrogens (tertiary/aromatic N) is 1. The van der Waals surface area contributed by atoms with Gasteiger partial charge in [0.2, 0.25) is 0 Å². The van der Waals surface area contributed by atoms with Gasteiger partial charge in [-0.05, 0) is 6.42 Å². The van der Waals surface area contributed by atoms with Crippen LogP contribution in [-0.2, 0) is 10.4 Å². The van der Waals surface area contributed by atoms with Gasteiger partial charge in [-0.15, -0.1) is 0 Å². The molecule has 1 nitrogen and oxygen atoms in total. The van der Waals surface area contributed by atoms with Gasteiger partial charge in [-0.25, -0.2) is 0 Å². The summed E-state index contributed by atoms with van der Waals surface area (Å²) in [6, 6.07) is 2.07. The Morgan fingerprint density at radius 3 is 1.58 bits per heavy atom. The summed E-state index contributed by atoms with van der Waals surface area (Å²) in [7, 11) is 20.9. The van der Waals surface area contributed by atoms with Gasteiger partial charge < -0.3 is 0 Å². The summed E-state index contributed by atoms with van der Waals surface area (Å²) in [5.74, 6) is 0. The molecule has 0 unspecified atom stereocenters. The van der Waals surface area contributed by atoms with Crippen molar-refractivity contribution in [1.82, 2.24) is 0 Å². The van der Waals surface area contributed by atoms with Crippen molar-refractivity contribution in [1.29, 1.82) is 5.26 Å². The molecule has 0 spiro atoms. The molecule has 0 amide bonds. The summed E-state index contributed by atoms with van der Waals surface area (Å²) in [6.45, 7) is 2.08. The molecule has 74 valence electrons. The van der Waals surface area contributed by atoms with E-state index in [1.807, 2.05) is 0 Å². The van der Waals surface area contributed by atoms with Crippen LogP contribution in [0.3, 0.4) is 0 Å². The second-order valence-electron chi connectivity index (χ2n) is 1.90. The van der Waals surface area contributed by atoms with Crippen LogP contribution in [0.1, 0.15) is 26.2 Å². The summed E-state index contributed by atoms with van der Waals surface area (Å²) in [4.78, 5) is 0. The number of nitriles is 1. The fourth-order valence-electron chi connectivity index (χ4n) is 0.256. The fraction of sp³-hybridized carbons (Fsp3) is 0.800. The average molecular weight is 441 g/mol. The molecule has 0 aliphatic rings. The Morgan fingerprint density at radius 2 is 1.50 bits per heavy atom. The summed E-state index contributed by atoms with van der Waals surface area (Å²) in [5, 5.41) is 7.95. The molecule has 12 heavy (non-hydrogen) atoms.